The Labute approximate surface area is 320 Å². The number of pyridine rings is 2. The van der Waals surface area contributed by atoms with Gasteiger partial charge in [0.05, 0.1) is 18.2 Å². The van der Waals surface area contributed by atoms with E-state index in [9.17, 15) is 19.2 Å². The van der Waals surface area contributed by atoms with E-state index in [0.717, 1.165) is 25.0 Å². The smallest absolute Gasteiger partial charge is 0.333 e. The molecular weight excluding hydrogens is 729 g/mol. The predicted octanol–water partition coefficient (Wildman–Crippen LogP) is 5.33. The minimum atomic E-state index is -1.48. The number of aryl methyl sites for hydroxylation is 1. The van der Waals surface area contributed by atoms with Crippen molar-refractivity contribution in [1.82, 2.24) is 28.9 Å². The van der Waals surface area contributed by atoms with Crippen LogP contribution in [0.25, 0.3) is 27.6 Å². The number of nitrogens with one attached hydrogen (secondary N) is 1. The zero-order valence-corrected chi connectivity index (χ0v) is 31.2. The van der Waals surface area contributed by atoms with Crippen molar-refractivity contribution in [2.24, 2.45) is 5.92 Å². The standard InChI is InChI=1S/C41H43F3N6O6/c1-3-4-13-49-23-30(28-7-12-45-21-29(28)40(49)53)27-18-31(42)38(32(43)19-27)56-35-10-14-47(24-33(35)44)22-25-8-15-48(16-9-25)39(52)26-5-6-36(55-2)34(20-26)50-17-11-37(51)46-41(50)54/h5-7,11-12,17-21,23,25,33,35H,3-4,8-10,13-16,22,24H2,1-2H3,(H,46,51,54)/t33-,35-/m1/s1. The van der Waals surface area contributed by atoms with E-state index in [1.165, 1.54) is 40.9 Å². The number of aromatic nitrogens is 4. The number of piperidine rings is 2. The first-order valence-corrected chi connectivity index (χ1v) is 18.8. The number of H-pyrrole nitrogens is 1. The van der Waals surface area contributed by atoms with Crippen LogP contribution in [-0.2, 0) is 6.54 Å². The molecule has 1 amide bonds. The van der Waals surface area contributed by atoms with Gasteiger partial charge >= 0.3 is 5.69 Å². The van der Waals surface area contributed by atoms with Gasteiger partial charge in [-0.1, -0.05) is 13.3 Å². The van der Waals surface area contributed by atoms with E-state index >= 15 is 13.2 Å². The Morgan fingerprint density at radius 3 is 2.45 bits per heavy atom. The fraction of sp³-hybridized carbons (Fsp3) is 0.390. The van der Waals surface area contributed by atoms with E-state index in [1.54, 1.807) is 35.4 Å². The van der Waals surface area contributed by atoms with Gasteiger partial charge in [0, 0.05) is 81.2 Å². The zero-order valence-electron chi connectivity index (χ0n) is 31.2. The summed E-state index contributed by atoms with van der Waals surface area (Å²) in [5.74, 6) is -2.19. The van der Waals surface area contributed by atoms with Crippen molar-refractivity contribution in [2.75, 3.05) is 39.8 Å². The van der Waals surface area contributed by atoms with Gasteiger partial charge in [0.2, 0.25) is 0 Å². The van der Waals surface area contributed by atoms with Crippen LogP contribution in [0.4, 0.5) is 13.2 Å². The van der Waals surface area contributed by atoms with Gasteiger partial charge in [-0.3, -0.25) is 33.8 Å². The highest BCUT2D eigenvalue weighted by Gasteiger charge is 2.34. The Balaban J connectivity index is 0.957. The zero-order chi connectivity index (χ0) is 39.5. The fourth-order valence-electron chi connectivity index (χ4n) is 7.67. The quantitative estimate of drug-likeness (QED) is 0.191. The first kappa shape index (κ1) is 38.6. The van der Waals surface area contributed by atoms with Gasteiger partial charge in [-0.05, 0) is 78.9 Å². The van der Waals surface area contributed by atoms with Crippen LogP contribution in [0.15, 0.2) is 81.6 Å². The second-order valence-electron chi connectivity index (χ2n) is 14.4. The number of likely N-dealkylation sites (tertiary alicyclic amines) is 2. The molecule has 0 saturated carbocycles. The number of nitrogens with zero attached hydrogens (tertiary/aromatic N) is 5. The third-order valence-corrected chi connectivity index (χ3v) is 10.7. The molecule has 12 nitrogen and oxygen atoms in total. The number of unbranched alkanes of at least 4 members (excludes halogenated alkanes) is 1. The first-order chi connectivity index (χ1) is 27.0. The third kappa shape index (κ3) is 7.99. The molecule has 7 rings (SSSR count). The highest BCUT2D eigenvalue weighted by Crippen LogP contribution is 2.34. The lowest BCUT2D eigenvalue weighted by atomic mass is 9.94. The minimum absolute atomic E-state index is 0.0448. The van der Waals surface area contributed by atoms with Crippen LogP contribution in [0.1, 0.15) is 49.4 Å². The number of hydrogen-bond acceptors (Lipinski definition) is 8. The third-order valence-electron chi connectivity index (χ3n) is 10.7. The van der Waals surface area contributed by atoms with Crippen LogP contribution < -0.4 is 26.3 Å². The number of benzene rings is 2. The number of methoxy groups -OCH3 is 1. The molecule has 56 heavy (non-hydrogen) atoms. The summed E-state index contributed by atoms with van der Waals surface area (Å²) in [7, 11) is 1.45. The van der Waals surface area contributed by atoms with Gasteiger partial charge in [0.25, 0.3) is 17.0 Å². The van der Waals surface area contributed by atoms with Crippen molar-refractivity contribution in [1.29, 1.82) is 0 Å². The molecule has 0 radical (unpaired) electrons. The van der Waals surface area contributed by atoms with E-state index < -0.39 is 40.9 Å². The van der Waals surface area contributed by atoms with Gasteiger partial charge < -0.3 is 18.9 Å². The molecule has 0 aliphatic carbocycles. The molecule has 2 fully saturated rings. The molecule has 2 aromatic carbocycles. The predicted molar refractivity (Wildman–Crippen MR) is 204 cm³/mol. The average molecular weight is 773 g/mol. The SMILES string of the molecule is CCCCn1cc(-c2cc(F)c(O[C@@H]3CCN(CC4CCN(C(=O)c5ccc(OC)c(-n6ccc(=O)[nH]c6=O)c5)CC4)C[C@H]3F)c(F)c2)c2ccncc2c1=O. The van der Waals surface area contributed by atoms with Crippen LogP contribution >= 0.6 is 0 Å². The van der Waals surface area contributed by atoms with E-state index in [-0.39, 0.29) is 35.9 Å². The molecule has 0 spiro atoms. The number of hydrogen-bond donors (Lipinski definition) is 1. The Bertz CT molecular complexity index is 2400. The molecule has 3 aromatic heterocycles. The molecule has 2 aliphatic heterocycles. The monoisotopic (exact) mass is 772 g/mol. The Kier molecular flexibility index (Phi) is 11.4. The van der Waals surface area contributed by atoms with Gasteiger partial charge in [0.1, 0.15) is 18.0 Å². The number of aromatic amines is 1. The summed E-state index contributed by atoms with van der Waals surface area (Å²) in [5.41, 5.74) is -0.0398. The largest absolute Gasteiger partial charge is 0.495 e. The van der Waals surface area contributed by atoms with Crippen LogP contribution in [0.2, 0.25) is 0 Å². The summed E-state index contributed by atoms with van der Waals surface area (Å²) in [5, 5.41) is 0.869. The number of fused-ring (bicyclic) bond motifs is 1. The van der Waals surface area contributed by atoms with Gasteiger partial charge in [-0.15, -0.1) is 0 Å². The highest BCUT2D eigenvalue weighted by molar-refractivity contribution is 5.96. The Hall–Kier alpha value is -5.70. The maximum atomic E-state index is 15.6. The molecule has 1 N–H and O–H groups in total. The normalized spacial score (nSPS) is 18.0. The molecule has 5 aromatic rings. The summed E-state index contributed by atoms with van der Waals surface area (Å²) in [4.78, 5) is 60.6. The van der Waals surface area contributed by atoms with Gasteiger partial charge in [-0.2, -0.15) is 0 Å². The minimum Gasteiger partial charge on any atom is -0.495 e. The van der Waals surface area contributed by atoms with Crippen LogP contribution in [0.3, 0.4) is 0 Å². The molecule has 2 saturated heterocycles. The van der Waals surface area contributed by atoms with Crippen molar-refractivity contribution in [3.63, 3.8) is 0 Å². The van der Waals surface area contributed by atoms with E-state index in [1.807, 2.05) is 11.8 Å². The maximum Gasteiger partial charge on any atom is 0.333 e. The number of rotatable bonds is 11. The van der Waals surface area contributed by atoms with Crippen molar-refractivity contribution in [2.45, 2.75) is 57.8 Å². The summed E-state index contributed by atoms with van der Waals surface area (Å²) in [6.07, 6.45) is 6.64. The van der Waals surface area contributed by atoms with Crippen LogP contribution in [0.5, 0.6) is 11.5 Å². The van der Waals surface area contributed by atoms with Gasteiger partial charge in [0.15, 0.2) is 17.4 Å². The lowest BCUT2D eigenvalue weighted by Crippen LogP contribution is -2.49. The van der Waals surface area contributed by atoms with Crippen molar-refractivity contribution in [3.05, 3.63) is 116 Å². The van der Waals surface area contributed by atoms with E-state index in [4.69, 9.17) is 9.47 Å². The van der Waals surface area contributed by atoms with E-state index in [0.29, 0.717) is 78.9 Å². The number of alkyl halides is 1. The molecular formula is C41H43F3N6O6. The second kappa shape index (κ2) is 16.6. The topological polar surface area (TPSA) is 132 Å². The molecule has 2 aliphatic rings. The summed E-state index contributed by atoms with van der Waals surface area (Å²) in [6.45, 7) is 4.57. The Morgan fingerprint density at radius 2 is 1.75 bits per heavy atom. The maximum absolute atomic E-state index is 15.6. The summed E-state index contributed by atoms with van der Waals surface area (Å²) >= 11 is 0. The second-order valence-corrected chi connectivity index (χ2v) is 14.4. The fourth-order valence-corrected chi connectivity index (χ4v) is 7.67. The summed E-state index contributed by atoms with van der Waals surface area (Å²) < 4.78 is 60.5. The molecule has 2 atom stereocenters. The van der Waals surface area contributed by atoms with E-state index in [2.05, 4.69) is 9.97 Å². The first-order valence-electron chi connectivity index (χ1n) is 18.8. The molecule has 294 valence electrons. The number of amides is 1. The number of carbonyl (C=O) groups is 1. The average Bonchev–Trinajstić information content (AvgIpc) is 3.19. The molecule has 0 unspecified atom stereocenters. The number of halogens is 3. The highest BCUT2D eigenvalue weighted by atomic mass is 19.1. The van der Waals surface area contributed by atoms with Crippen LogP contribution in [0, 0.1) is 17.6 Å². The Morgan fingerprint density at radius 1 is 0.982 bits per heavy atom. The lowest BCUT2D eigenvalue weighted by molar-refractivity contribution is 0.00887. The number of carbonyl (C=O) groups excluding carboxylic acids is 1. The van der Waals surface area contributed by atoms with Crippen molar-refractivity contribution >= 4 is 16.7 Å². The lowest BCUT2D eigenvalue weighted by Gasteiger charge is -2.39. The molecule has 5 heterocycles. The summed E-state index contributed by atoms with van der Waals surface area (Å²) in [6, 6.07) is 9.95. The number of ether oxygens (including phenoxy) is 2. The molecule has 0 bridgehead atoms. The van der Waals surface area contributed by atoms with Crippen molar-refractivity contribution in [3.8, 4) is 28.3 Å². The van der Waals surface area contributed by atoms with Crippen molar-refractivity contribution < 1.29 is 27.4 Å². The molecule has 15 heteroatoms. The van der Waals surface area contributed by atoms with Crippen LogP contribution in [-0.4, -0.2) is 86.9 Å². The van der Waals surface area contributed by atoms with Gasteiger partial charge in [-0.25, -0.2) is 18.0 Å².